The summed E-state index contributed by atoms with van der Waals surface area (Å²) in [5.41, 5.74) is 5.08. The van der Waals surface area contributed by atoms with Gasteiger partial charge in [-0.1, -0.05) is 12.1 Å². The average molecular weight is 363 g/mol. The molecule has 0 saturated heterocycles. The summed E-state index contributed by atoms with van der Waals surface area (Å²) in [6.07, 6.45) is -1.45. The molecule has 2 N–H and O–H groups in total. The lowest BCUT2D eigenvalue weighted by Gasteiger charge is -2.16. The van der Waals surface area contributed by atoms with Gasteiger partial charge >= 0.3 is 6.18 Å². The van der Waals surface area contributed by atoms with E-state index in [9.17, 15) is 17.6 Å². The first-order valence-electron chi connectivity index (χ1n) is 5.99. The van der Waals surface area contributed by atoms with Crippen LogP contribution in [0.4, 0.5) is 17.6 Å². The fourth-order valence-electron chi connectivity index (χ4n) is 1.99. The van der Waals surface area contributed by atoms with Crippen molar-refractivity contribution in [3.8, 4) is 0 Å². The van der Waals surface area contributed by atoms with Gasteiger partial charge in [0.2, 0.25) is 0 Å². The van der Waals surface area contributed by atoms with Crippen molar-refractivity contribution in [2.75, 3.05) is 0 Å². The number of hydrogen-bond acceptors (Lipinski definition) is 2. The fraction of sp³-hybridized carbons (Fsp3) is 0.214. The van der Waals surface area contributed by atoms with Crippen LogP contribution in [0.2, 0.25) is 0 Å². The molecule has 0 saturated carbocycles. The summed E-state index contributed by atoms with van der Waals surface area (Å²) < 4.78 is 52.7. The second kappa shape index (κ2) is 6.11. The number of alkyl halides is 3. The Hall–Kier alpha value is -1.47. The number of rotatable bonds is 3. The van der Waals surface area contributed by atoms with Crippen molar-refractivity contribution in [2.45, 2.75) is 18.6 Å². The summed E-state index contributed by atoms with van der Waals surface area (Å²) in [6, 6.07) is 3.97. The minimum absolute atomic E-state index is 0.162. The van der Waals surface area contributed by atoms with Gasteiger partial charge in [0.15, 0.2) is 0 Å². The first-order chi connectivity index (χ1) is 9.79. The first kappa shape index (κ1) is 15.9. The van der Waals surface area contributed by atoms with E-state index in [0.29, 0.717) is 11.6 Å². The molecular weight excluding hydrogens is 352 g/mol. The monoisotopic (exact) mass is 362 g/mol. The van der Waals surface area contributed by atoms with Crippen LogP contribution in [-0.2, 0) is 12.6 Å². The Morgan fingerprint density at radius 1 is 1.24 bits per heavy atom. The Balaban J connectivity index is 2.30. The second-order valence-corrected chi connectivity index (χ2v) is 5.44. The maximum absolute atomic E-state index is 14.0. The third-order valence-corrected chi connectivity index (χ3v) is 3.38. The molecule has 0 fully saturated rings. The molecule has 0 spiro atoms. The van der Waals surface area contributed by atoms with E-state index in [1.807, 2.05) is 0 Å². The molecule has 21 heavy (non-hydrogen) atoms. The number of benzene rings is 1. The van der Waals surface area contributed by atoms with Crippen LogP contribution >= 0.6 is 15.9 Å². The number of nitrogens with zero attached hydrogens (tertiary/aromatic N) is 1. The first-order valence-corrected chi connectivity index (χ1v) is 6.79. The highest BCUT2D eigenvalue weighted by Crippen LogP contribution is 2.34. The molecule has 2 aromatic rings. The van der Waals surface area contributed by atoms with E-state index in [1.54, 1.807) is 12.3 Å². The van der Waals surface area contributed by atoms with Crippen LogP contribution in [0.5, 0.6) is 0 Å². The smallest absolute Gasteiger partial charge is 0.324 e. The van der Waals surface area contributed by atoms with Crippen molar-refractivity contribution in [3.05, 3.63) is 63.6 Å². The molecule has 0 aliphatic rings. The van der Waals surface area contributed by atoms with Gasteiger partial charge in [-0.3, -0.25) is 4.98 Å². The van der Waals surface area contributed by atoms with Crippen molar-refractivity contribution in [2.24, 2.45) is 5.73 Å². The number of hydrogen-bond donors (Lipinski definition) is 1. The maximum Gasteiger partial charge on any atom is 0.419 e. The SMILES string of the molecule is NC(Cc1cncc(Br)c1)c1cccc(C(F)(F)F)c1F. The normalized spacial score (nSPS) is 13.2. The summed E-state index contributed by atoms with van der Waals surface area (Å²) >= 11 is 3.23. The molecule has 7 heteroatoms. The molecule has 2 nitrogen and oxygen atoms in total. The molecule has 0 radical (unpaired) electrons. The molecule has 1 aromatic heterocycles. The van der Waals surface area contributed by atoms with E-state index in [1.165, 1.54) is 12.3 Å². The van der Waals surface area contributed by atoms with Crippen molar-refractivity contribution < 1.29 is 17.6 Å². The molecule has 2 rings (SSSR count). The van der Waals surface area contributed by atoms with E-state index in [2.05, 4.69) is 20.9 Å². The zero-order valence-corrected chi connectivity index (χ0v) is 12.2. The van der Waals surface area contributed by atoms with Gasteiger partial charge in [-0.15, -0.1) is 0 Å². The Kier molecular flexibility index (Phi) is 4.63. The van der Waals surface area contributed by atoms with Crippen LogP contribution in [0.3, 0.4) is 0 Å². The molecule has 0 amide bonds. The zero-order valence-electron chi connectivity index (χ0n) is 10.7. The quantitative estimate of drug-likeness (QED) is 0.829. The van der Waals surface area contributed by atoms with Crippen LogP contribution in [0.1, 0.15) is 22.7 Å². The molecule has 1 unspecified atom stereocenters. The molecule has 1 atom stereocenters. The predicted molar refractivity (Wildman–Crippen MR) is 74.0 cm³/mol. The van der Waals surface area contributed by atoms with Gasteiger partial charge in [-0.2, -0.15) is 13.2 Å². The molecule has 1 heterocycles. The van der Waals surface area contributed by atoms with Gasteiger partial charge in [-0.05, 0) is 40.0 Å². The summed E-state index contributed by atoms with van der Waals surface area (Å²) in [7, 11) is 0. The largest absolute Gasteiger partial charge is 0.419 e. The van der Waals surface area contributed by atoms with Gasteiger partial charge in [0.05, 0.1) is 5.56 Å². The van der Waals surface area contributed by atoms with Crippen LogP contribution < -0.4 is 5.73 Å². The Morgan fingerprint density at radius 3 is 2.57 bits per heavy atom. The molecule has 0 bridgehead atoms. The van der Waals surface area contributed by atoms with Gasteiger partial charge < -0.3 is 5.73 Å². The molecule has 0 aliphatic heterocycles. The number of halogens is 5. The highest BCUT2D eigenvalue weighted by Gasteiger charge is 2.35. The minimum Gasteiger partial charge on any atom is -0.324 e. The summed E-state index contributed by atoms with van der Waals surface area (Å²) in [5.74, 6) is -1.32. The standard InChI is InChI=1S/C14H11BrF4N2/c15-9-4-8(6-21-7-9)5-12(20)10-2-1-3-11(13(10)16)14(17,18)19/h1-4,6-7,12H,5,20H2. The van der Waals surface area contributed by atoms with Gasteiger partial charge in [-0.25, -0.2) is 4.39 Å². The molecule has 1 aromatic carbocycles. The van der Waals surface area contributed by atoms with Crippen molar-refractivity contribution >= 4 is 15.9 Å². The highest BCUT2D eigenvalue weighted by atomic mass is 79.9. The third-order valence-electron chi connectivity index (χ3n) is 2.95. The zero-order chi connectivity index (χ0) is 15.6. The van der Waals surface area contributed by atoms with Crippen LogP contribution in [0, 0.1) is 5.82 Å². The van der Waals surface area contributed by atoms with Gasteiger partial charge in [0, 0.05) is 28.5 Å². The predicted octanol–water partition coefficient (Wildman–Crippen LogP) is 4.24. The van der Waals surface area contributed by atoms with Gasteiger partial charge in [0.1, 0.15) is 5.82 Å². The van der Waals surface area contributed by atoms with Crippen LogP contribution in [-0.4, -0.2) is 4.98 Å². The van der Waals surface area contributed by atoms with Crippen molar-refractivity contribution in [1.82, 2.24) is 4.98 Å². The summed E-state index contributed by atoms with van der Waals surface area (Å²) in [6.45, 7) is 0. The fourth-order valence-corrected chi connectivity index (χ4v) is 2.40. The van der Waals surface area contributed by atoms with Gasteiger partial charge in [0.25, 0.3) is 0 Å². The third kappa shape index (κ3) is 3.79. The Bertz CT molecular complexity index is 643. The Labute approximate surface area is 127 Å². The van der Waals surface area contributed by atoms with Crippen molar-refractivity contribution in [3.63, 3.8) is 0 Å². The molecule has 0 aliphatic carbocycles. The molecular formula is C14H11BrF4N2. The van der Waals surface area contributed by atoms with E-state index in [4.69, 9.17) is 5.73 Å². The lowest BCUT2D eigenvalue weighted by atomic mass is 9.98. The number of aromatic nitrogens is 1. The van der Waals surface area contributed by atoms with E-state index in [0.717, 1.165) is 10.5 Å². The van der Waals surface area contributed by atoms with E-state index in [-0.39, 0.29) is 12.0 Å². The highest BCUT2D eigenvalue weighted by molar-refractivity contribution is 9.10. The minimum atomic E-state index is -4.74. The summed E-state index contributed by atoms with van der Waals surface area (Å²) in [5, 5.41) is 0. The van der Waals surface area contributed by atoms with Crippen LogP contribution in [0.25, 0.3) is 0 Å². The topological polar surface area (TPSA) is 38.9 Å². The van der Waals surface area contributed by atoms with Crippen LogP contribution in [0.15, 0.2) is 41.1 Å². The Morgan fingerprint density at radius 2 is 1.95 bits per heavy atom. The van der Waals surface area contributed by atoms with E-state index >= 15 is 0 Å². The molecule has 112 valence electrons. The second-order valence-electron chi connectivity index (χ2n) is 4.53. The summed E-state index contributed by atoms with van der Waals surface area (Å²) in [4.78, 5) is 3.93. The average Bonchev–Trinajstić information content (AvgIpc) is 2.37. The number of pyridine rings is 1. The van der Waals surface area contributed by atoms with E-state index < -0.39 is 23.6 Å². The number of nitrogens with two attached hydrogens (primary N) is 1. The lowest BCUT2D eigenvalue weighted by molar-refractivity contribution is -0.140. The lowest BCUT2D eigenvalue weighted by Crippen LogP contribution is -2.18. The maximum atomic E-state index is 14.0. The van der Waals surface area contributed by atoms with Crippen molar-refractivity contribution in [1.29, 1.82) is 0 Å².